The summed E-state index contributed by atoms with van der Waals surface area (Å²) in [5.41, 5.74) is 0. The second-order valence-corrected chi connectivity index (χ2v) is 5.55. The van der Waals surface area contributed by atoms with Gasteiger partial charge in [-0.15, -0.1) is 0 Å². The highest BCUT2D eigenvalue weighted by molar-refractivity contribution is 5.90. The van der Waals surface area contributed by atoms with Crippen LogP contribution in [0.25, 0.3) is 0 Å². The lowest BCUT2D eigenvalue weighted by Gasteiger charge is -2.18. The number of unbranched alkanes of at least 4 members (excludes halogenated alkanes) is 3. The Kier molecular flexibility index (Phi) is 10.7. The molecule has 0 aliphatic carbocycles. The van der Waals surface area contributed by atoms with Gasteiger partial charge in [0.1, 0.15) is 6.10 Å². The van der Waals surface area contributed by atoms with Crippen molar-refractivity contribution < 1.29 is 19.4 Å². The van der Waals surface area contributed by atoms with Crippen molar-refractivity contribution in [3.8, 4) is 0 Å². The van der Waals surface area contributed by atoms with Crippen molar-refractivity contribution in [1.29, 1.82) is 0 Å². The van der Waals surface area contributed by atoms with Crippen LogP contribution < -0.4 is 0 Å². The molecule has 1 unspecified atom stereocenters. The largest absolute Gasteiger partial charge is 0.478 e. The number of hydrogen-bond donors (Lipinski definition) is 1. The second-order valence-electron chi connectivity index (χ2n) is 5.55. The summed E-state index contributed by atoms with van der Waals surface area (Å²) in [5.74, 6) is -1.12. The highest BCUT2D eigenvalue weighted by atomic mass is 16.5. The number of hydrogen-bond acceptors (Lipinski definition) is 3. The maximum Gasteiger partial charge on any atom is 0.331 e. The summed E-state index contributed by atoms with van der Waals surface area (Å²) in [6.07, 6.45) is 8.99. The first-order valence-corrected chi connectivity index (χ1v) is 7.57. The smallest absolute Gasteiger partial charge is 0.331 e. The third-order valence-corrected chi connectivity index (χ3v) is 3.09. The number of ether oxygens (including phenoxy) is 1. The van der Waals surface area contributed by atoms with Crippen LogP contribution in [-0.2, 0) is 14.3 Å². The molecule has 0 aliphatic heterocycles. The molecule has 0 radical (unpaired) electrons. The molecule has 0 fully saturated rings. The van der Waals surface area contributed by atoms with Gasteiger partial charge in [0.2, 0.25) is 0 Å². The molecule has 0 saturated heterocycles. The van der Waals surface area contributed by atoms with E-state index in [1.807, 2.05) is 0 Å². The number of carbonyl (C=O) groups excluding carboxylic acids is 1. The van der Waals surface area contributed by atoms with Crippen molar-refractivity contribution >= 4 is 11.9 Å². The van der Waals surface area contributed by atoms with Gasteiger partial charge in [0.15, 0.2) is 0 Å². The summed E-state index contributed by atoms with van der Waals surface area (Å²) in [7, 11) is 0. The molecule has 0 heterocycles. The van der Waals surface area contributed by atoms with Gasteiger partial charge in [-0.3, -0.25) is 0 Å². The highest BCUT2D eigenvalue weighted by Gasteiger charge is 2.13. The van der Waals surface area contributed by atoms with Crippen molar-refractivity contribution in [2.45, 2.75) is 71.8 Å². The molecular formula is C16H28O4. The lowest BCUT2D eigenvalue weighted by molar-refractivity contribution is -0.144. The molecule has 1 N–H and O–H groups in total. The van der Waals surface area contributed by atoms with Crippen molar-refractivity contribution in [2.75, 3.05) is 0 Å². The average molecular weight is 284 g/mol. The van der Waals surface area contributed by atoms with E-state index in [1.54, 1.807) is 0 Å². The fourth-order valence-corrected chi connectivity index (χ4v) is 1.92. The molecule has 4 nitrogen and oxygen atoms in total. The van der Waals surface area contributed by atoms with Gasteiger partial charge in [0.05, 0.1) is 0 Å². The Bertz CT molecular complexity index is 308. The monoisotopic (exact) mass is 284 g/mol. The average Bonchev–Trinajstić information content (AvgIpc) is 2.38. The van der Waals surface area contributed by atoms with Crippen LogP contribution >= 0.6 is 0 Å². The summed E-state index contributed by atoms with van der Waals surface area (Å²) < 4.78 is 5.34. The Morgan fingerprint density at radius 2 is 1.75 bits per heavy atom. The summed E-state index contributed by atoms with van der Waals surface area (Å²) in [4.78, 5) is 21.9. The van der Waals surface area contributed by atoms with E-state index in [9.17, 15) is 9.59 Å². The minimum absolute atomic E-state index is 0.0970. The molecule has 0 bridgehead atoms. The fraction of sp³-hybridized carbons (Fsp3) is 0.750. The van der Waals surface area contributed by atoms with Crippen LogP contribution in [0.2, 0.25) is 0 Å². The summed E-state index contributed by atoms with van der Waals surface area (Å²) in [6.45, 7) is 6.44. The fourth-order valence-electron chi connectivity index (χ4n) is 1.92. The van der Waals surface area contributed by atoms with E-state index in [4.69, 9.17) is 9.84 Å². The van der Waals surface area contributed by atoms with E-state index in [1.165, 1.54) is 12.8 Å². The van der Waals surface area contributed by atoms with E-state index in [-0.39, 0.29) is 6.10 Å². The standard InChI is InChI=1S/C16H28O4/c1-4-5-6-7-8-14(10-9-13(2)3)20-16(19)12-11-15(17)18/h11-14H,4-10H2,1-3H3,(H,17,18). The van der Waals surface area contributed by atoms with Crippen molar-refractivity contribution in [2.24, 2.45) is 5.92 Å². The van der Waals surface area contributed by atoms with Gasteiger partial charge in [-0.1, -0.05) is 40.0 Å². The maximum absolute atomic E-state index is 11.5. The number of carboxylic acid groups (broad SMARTS) is 1. The van der Waals surface area contributed by atoms with Crippen molar-refractivity contribution in [1.82, 2.24) is 0 Å². The van der Waals surface area contributed by atoms with Crippen molar-refractivity contribution in [3.05, 3.63) is 12.2 Å². The topological polar surface area (TPSA) is 63.6 Å². The zero-order valence-corrected chi connectivity index (χ0v) is 12.9. The van der Waals surface area contributed by atoms with Crippen LogP contribution in [0.5, 0.6) is 0 Å². The molecule has 116 valence electrons. The predicted molar refractivity (Wildman–Crippen MR) is 79.5 cm³/mol. The van der Waals surface area contributed by atoms with Crippen molar-refractivity contribution in [3.63, 3.8) is 0 Å². The van der Waals surface area contributed by atoms with Gasteiger partial charge in [-0.25, -0.2) is 9.59 Å². The van der Waals surface area contributed by atoms with Crippen LogP contribution in [0.4, 0.5) is 0 Å². The molecule has 0 aromatic heterocycles. The van der Waals surface area contributed by atoms with E-state index in [2.05, 4.69) is 20.8 Å². The molecule has 4 heteroatoms. The van der Waals surface area contributed by atoms with Gasteiger partial charge in [-0.05, 0) is 31.6 Å². The first-order valence-electron chi connectivity index (χ1n) is 7.57. The molecule has 0 rings (SSSR count). The first-order chi connectivity index (χ1) is 9.45. The molecule has 0 amide bonds. The number of rotatable bonds is 11. The second kappa shape index (κ2) is 11.5. The first kappa shape index (κ1) is 18.7. The van der Waals surface area contributed by atoms with Crippen LogP contribution in [0.1, 0.15) is 65.7 Å². The van der Waals surface area contributed by atoms with Gasteiger partial charge in [0.25, 0.3) is 0 Å². The molecule has 1 atom stereocenters. The number of carboxylic acids is 1. The van der Waals surface area contributed by atoms with Crippen LogP contribution in [0.15, 0.2) is 12.2 Å². The van der Waals surface area contributed by atoms with Gasteiger partial charge < -0.3 is 9.84 Å². The minimum atomic E-state index is -1.14. The van der Waals surface area contributed by atoms with Crippen LogP contribution in [0.3, 0.4) is 0 Å². The summed E-state index contributed by atoms with van der Waals surface area (Å²) >= 11 is 0. The third-order valence-electron chi connectivity index (χ3n) is 3.09. The molecule has 0 saturated carbocycles. The van der Waals surface area contributed by atoms with Crippen LogP contribution in [-0.4, -0.2) is 23.1 Å². The Morgan fingerprint density at radius 3 is 2.30 bits per heavy atom. The molecule has 0 spiro atoms. The lowest BCUT2D eigenvalue weighted by atomic mass is 10.0. The van der Waals surface area contributed by atoms with E-state index < -0.39 is 11.9 Å². The maximum atomic E-state index is 11.5. The third kappa shape index (κ3) is 11.8. The zero-order chi connectivity index (χ0) is 15.4. The summed E-state index contributed by atoms with van der Waals surface area (Å²) in [6, 6.07) is 0. The summed E-state index contributed by atoms with van der Waals surface area (Å²) in [5, 5.41) is 8.48. The van der Waals surface area contributed by atoms with Crippen LogP contribution in [0, 0.1) is 5.92 Å². The van der Waals surface area contributed by atoms with Gasteiger partial charge >= 0.3 is 11.9 Å². The predicted octanol–water partition coefficient (Wildman–Crippen LogP) is 3.95. The highest BCUT2D eigenvalue weighted by Crippen LogP contribution is 2.16. The van der Waals surface area contributed by atoms with E-state index in [0.29, 0.717) is 5.92 Å². The lowest BCUT2D eigenvalue weighted by Crippen LogP contribution is -2.18. The SMILES string of the molecule is CCCCCCC(CCC(C)C)OC(=O)C=CC(=O)O. The Hall–Kier alpha value is -1.32. The van der Waals surface area contributed by atoms with Gasteiger partial charge in [-0.2, -0.15) is 0 Å². The van der Waals surface area contributed by atoms with E-state index >= 15 is 0 Å². The Morgan fingerprint density at radius 1 is 1.05 bits per heavy atom. The van der Waals surface area contributed by atoms with Gasteiger partial charge in [0, 0.05) is 12.2 Å². The normalized spacial score (nSPS) is 12.8. The molecular weight excluding hydrogens is 256 g/mol. The number of aliphatic carboxylic acids is 1. The minimum Gasteiger partial charge on any atom is -0.478 e. The molecule has 0 aliphatic rings. The number of carbonyl (C=O) groups is 2. The molecule has 0 aromatic carbocycles. The quantitative estimate of drug-likeness (QED) is 0.354. The Balaban J connectivity index is 4.21. The molecule has 20 heavy (non-hydrogen) atoms. The molecule has 0 aromatic rings. The number of esters is 1. The zero-order valence-electron chi connectivity index (χ0n) is 12.9. The van der Waals surface area contributed by atoms with E-state index in [0.717, 1.165) is 44.3 Å². The Labute approximate surface area is 122 Å².